The van der Waals surface area contributed by atoms with Crippen LogP contribution >= 0.6 is 0 Å². The van der Waals surface area contributed by atoms with Gasteiger partial charge in [-0.15, -0.1) is 0 Å². The van der Waals surface area contributed by atoms with Gasteiger partial charge in [-0.1, -0.05) is 18.2 Å². The van der Waals surface area contributed by atoms with E-state index < -0.39 is 6.61 Å². The lowest BCUT2D eigenvalue weighted by Crippen LogP contribution is -2.03. The number of aldehydes is 1. The van der Waals surface area contributed by atoms with Crippen molar-refractivity contribution in [2.24, 2.45) is 0 Å². The average Bonchev–Trinajstić information content (AvgIpc) is 2.41. The second-order valence-corrected chi connectivity index (χ2v) is 3.62. The van der Waals surface area contributed by atoms with E-state index in [0.717, 1.165) is 0 Å². The van der Waals surface area contributed by atoms with Crippen molar-refractivity contribution in [1.82, 2.24) is 0 Å². The number of para-hydroxylation sites is 1. The molecule has 0 amide bonds. The molecule has 19 heavy (non-hydrogen) atoms. The zero-order valence-corrected chi connectivity index (χ0v) is 9.75. The van der Waals surface area contributed by atoms with Gasteiger partial charge in [-0.3, -0.25) is 4.79 Å². The topological polar surface area (TPSA) is 35.5 Å². The summed E-state index contributed by atoms with van der Waals surface area (Å²) in [6.45, 7) is -2.96. The van der Waals surface area contributed by atoms with Gasteiger partial charge in [0, 0.05) is 5.56 Å². The fourth-order valence-electron chi connectivity index (χ4n) is 1.49. The van der Waals surface area contributed by atoms with Crippen molar-refractivity contribution in [2.75, 3.05) is 0 Å². The van der Waals surface area contributed by atoms with Gasteiger partial charge in [0.1, 0.15) is 12.0 Å². The number of benzene rings is 2. The second-order valence-electron chi connectivity index (χ2n) is 3.62. The molecule has 0 unspecified atom stereocenters. The standard InChI is InChI=1S/C14H10F2O3/c15-14(16)19-12-7-6-10(9-17)8-13(12)18-11-4-2-1-3-5-11/h1-9,14H. The molecule has 0 aromatic heterocycles. The quantitative estimate of drug-likeness (QED) is 0.768. The highest BCUT2D eigenvalue weighted by molar-refractivity contribution is 5.76. The van der Waals surface area contributed by atoms with Crippen LogP contribution in [0.15, 0.2) is 48.5 Å². The summed E-state index contributed by atoms with van der Waals surface area (Å²) in [6, 6.07) is 12.6. The molecule has 2 rings (SSSR count). The Hall–Kier alpha value is -2.43. The van der Waals surface area contributed by atoms with E-state index in [2.05, 4.69) is 4.74 Å². The van der Waals surface area contributed by atoms with Gasteiger partial charge in [0.25, 0.3) is 0 Å². The summed E-state index contributed by atoms with van der Waals surface area (Å²) in [5.41, 5.74) is 0.313. The molecule has 98 valence electrons. The van der Waals surface area contributed by atoms with E-state index in [-0.39, 0.29) is 11.5 Å². The lowest BCUT2D eigenvalue weighted by atomic mass is 10.2. The fraction of sp³-hybridized carbons (Fsp3) is 0.0714. The minimum Gasteiger partial charge on any atom is -0.453 e. The van der Waals surface area contributed by atoms with Gasteiger partial charge in [-0.25, -0.2) is 0 Å². The first-order valence-electron chi connectivity index (χ1n) is 5.46. The largest absolute Gasteiger partial charge is 0.453 e. The molecule has 3 nitrogen and oxygen atoms in total. The Labute approximate surface area is 108 Å². The molecule has 0 heterocycles. The smallest absolute Gasteiger partial charge is 0.387 e. The van der Waals surface area contributed by atoms with Gasteiger partial charge in [0.15, 0.2) is 11.5 Å². The Kier molecular flexibility index (Phi) is 4.07. The van der Waals surface area contributed by atoms with Gasteiger partial charge in [-0.2, -0.15) is 8.78 Å². The van der Waals surface area contributed by atoms with Crippen molar-refractivity contribution in [3.05, 3.63) is 54.1 Å². The number of halogens is 2. The minimum atomic E-state index is -2.96. The average molecular weight is 264 g/mol. The molecule has 0 saturated carbocycles. The fourth-order valence-corrected chi connectivity index (χ4v) is 1.49. The van der Waals surface area contributed by atoms with Crippen molar-refractivity contribution in [3.8, 4) is 17.2 Å². The summed E-state index contributed by atoms with van der Waals surface area (Å²) in [6.07, 6.45) is 0.601. The third-order valence-electron chi connectivity index (χ3n) is 2.29. The van der Waals surface area contributed by atoms with Crippen LogP contribution in [0.25, 0.3) is 0 Å². The third-order valence-corrected chi connectivity index (χ3v) is 2.29. The number of hydrogen-bond acceptors (Lipinski definition) is 3. The first-order chi connectivity index (χ1) is 9.19. The number of rotatable bonds is 5. The summed E-state index contributed by atoms with van der Waals surface area (Å²) < 4.78 is 34.3. The Bertz CT molecular complexity index is 556. The van der Waals surface area contributed by atoms with E-state index in [1.807, 2.05) is 0 Å². The van der Waals surface area contributed by atoms with Crippen LogP contribution < -0.4 is 9.47 Å². The zero-order chi connectivity index (χ0) is 13.7. The minimum absolute atomic E-state index is 0.0658. The normalized spacial score (nSPS) is 10.3. The maximum Gasteiger partial charge on any atom is 0.387 e. The number of alkyl halides is 2. The van der Waals surface area contributed by atoms with Gasteiger partial charge in [0.05, 0.1) is 0 Å². The molecule has 0 aliphatic heterocycles. The summed E-state index contributed by atoms with van der Waals surface area (Å²) in [5.74, 6) is 0.408. The second kappa shape index (κ2) is 5.95. The first-order valence-corrected chi connectivity index (χ1v) is 5.46. The lowest BCUT2D eigenvalue weighted by Gasteiger charge is -2.12. The van der Waals surface area contributed by atoms with E-state index in [1.54, 1.807) is 30.3 Å². The highest BCUT2D eigenvalue weighted by Crippen LogP contribution is 2.33. The highest BCUT2D eigenvalue weighted by atomic mass is 19.3. The van der Waals surface area contributed by atoms with Crippen molar-refractivity contribution < 1.29 is 23.0 Å². The molecule has 0 N–H and O–H groups in total. The van der Waals surface area contributed by atoms with Crippen molar-refractivity contribution in [3.63, 3.8) is 0 Å². The zero-order valence-electron chi connectivity index (χ0n) is 9.75. The molecular weight excluding hydrogens is 254 g/mol. The van der Waals surface area contributed by atoms with E-state index >= 15 is 0 Å². The van der Waals surface area contributed by atoms with Crippen molar-refractivity contribution >= 4 is 6.29 Å². The molecule has 0 radical (unpaired) electrons. The number of hydrogen-bond donors (Lipinski definition) is 0. The predicted molar refractivity (Wildman–Crippen MR) is 65.0 cm³/mol. The van der Waals surface area contributed by atoms with Crippen LogP contribution in [-0.2, 0) is 0 Å². The van der Waals surface area contributed by atoms with E-state index in [9.17, 15) is 13.6 Å². The van der Waals surface area contributed by atoms with Crippen LogP contribution in [0.5, 0.6) is 17.2 Å². The third kappa shape index (κ3) is 3.51. The monoisotopic (exact) mass is 264 g/mol. The van der Waals surface area contributed by atoms with Crippen LogP contribution in [0.1, 0.15) is 10.4 Å². The van der Waals surface area contributed by atoms with Gasteiger partial charge in [0.2, 0.25) is 0 Å². The highest BCUT2D eigenvalue weighted by Gasteiger charge is 2.12. The Morgan fingerprint density at radius 1 is 1.00 bits per heavy atom. The summed E-state index contributed by atoms with van der Waals surface area (Å²) in [4.78, 5) is 10.7. The molecular formula is C14H10F2O3. The lowest BCUT2D eigenvalue weighted by molar-refractivity contribution is -0.0510. The van der Waals surface area contributed by atoms with E-state index in [4.69, 9.17) is 4.74 Å². The molecule has 0 aliphatic rings. The van der Waals surface area contributed by atoms with E-state index in [0.29, 0.717) is 17.6 Å². The summed E-state index contributed by atoms with van der Waals surface area (Å²) >= 11 is 0. The van der Waals surface area contributed by atoms with Crippen LogP contribution in [-0.4, -0.2) is 12.9 Å². The maximum atomic E-state index is 12.3. The number of carbonyl (C=O) groups is 1. The van der Waals surface area contributed by atoms with Gasteiger partial charge in [-0.05, 0) is 30.3 Å². The molecule has 0 aliphatic carbocycles. The first kappa shape index (κ1) is 13.0. The van der Waals surface area contributed by atoms with Gasteiger partial charge < -0.3 is 9.47 Å². The molecule has 0 atom stereocenters. The van der Waals surface area contributed by atoms with E-state index in [1.165, 1.54) is 18.2 Å². The number of ether oxygens (including phenoxy) is 2. The molecule has 0 saturated heterocycles. The van der Waals surface area contributed by atoms with Crippen molar-refractivity contribution in [2.45, 2.75) is 6.61 Å². The molecule has 0 bridgehead atoms. The van der Waals surface area contributed by atoms with Crippen LogP contribution in [0.4, 0.5) is 8.78 Å². The Morgan fingerprint density at radius 2 is 1.74 bits per heavy atom. The van der Waals surface area contributed by atoms with Crippen LogP contribution in [0, 0.1) is 0 Å². The van der Waals surface area contributed by atoms with Crippen LogP contribution in [0.2, 0.25) is 0 Å². The van der Waals surface area contributed by atoms with Crippen LogP contribution in [0.3, 0.4) is 0 Å². The maximum absolute atomic E-state index is 12.3. The molecule has 0 fully saturated rings. The molecule has 5 heteroatoms. The summed E-state index contributed by atoms with van der Waals surface area (Å²) in [7, 11) is 0. The molecule has 2 aromatic carbocycles. The number of carbonyl (C=O) groups excluding carboxylic acids is 1. The summed E-state index contributed by atoms with van der Waals surface area (Å²) in [5, 5.41) is 0. The van der Waals surface area contributed by atoms with Crippen molar-refractivity contribution in [1.29, 1.82) is 0 Å². The van der Waals surface area contributed by atoms with Gasteiger partial charge >= 0.3 is 6.61 Å². The Morgan fingerprint density at radius 3 is 2.37 bits per heavy atom. The predicted octanol–water partition coefficient (Wildman–Crippen LogP) is 3.89. The molecule has 0 spiro atoms. The Balaban J connectivity index is 2.32. The SMILES string of the molecule is O=Cc1ccc(OC(F)F)c(Oc2ccccc2)c1. The molecule has 2 aromatic rings.